The van der Waals surface area contributed by atoms with Crippen LogP contribution in [-0.4, -0.2) is 15.2 Å². The second-order valence-corrected chi connectivity index (χ2v) is 7.44. The number of rotatable bonds is 4. The molecule has 2 aromatic heterocycles. The number of para-hydroxylation sites is 1. The second kappa shape index (κ2) is 6.31. The Morgan fingerprint density at radius 3 is 2.87 bits per heavy atom. The van der Waals surface area contributed by atoms with Gasteiger partial charge in [0, 0.05) is 10.6 Å². The summed E-state index contributed by atoms with van der Waals surface area (Å²) in [6.07, 6.45) is 0. The first-order valence-corrected chi connectivity index (χ1v) is 9.03. The van der Waals surface area contributed by atoms with Crippen LogP contribution in [0.1, 0.15) is 5.89 Å². The molecule has 0 aliphatic rings. The fourth-order valence-corrected chi connectivity index (χ4v) is 4.18. The zero-order valence-corrected chi connectivity index (χ0v) is 14.2. The van der Waals surface area contributed by atoms with Gasteiger partial charge in [0.1, 0.15) is 0 Å². The summed E-state index contributed by atoms with van der Waals surface area (Å²) in [5.41, 5.74) is 1.84. The van der Waals surface area contributed by atoms with Gasteiger partial charge in [-0.25, -0.2) is 4.98 Å². The molecule has 4 nitrogen and oxygen atoms in total. The van der Waals surface area contributed by atoms with Crippen LogP contribution in [-0.2, 0) is 5.75 Å². The van der Waals surface area contributed by atoms with Gasteiger partial charge in [0.05, 0.1) is 16.0 Å². The van der Waals surface area contributed by atoms with Crippen molar-refractivity contribution in [1.82, 2.24) is 15.2 Å². The topological polar surface area (TPSA) is 51.8 Å². The average molecular weight is 360 g/mol. The summed E-state index contributed by atoms with van der Waals surface area (Å²) >= 11 is 9.24. The number of fused-ring (bicyclic) bond motifs is 1. The molecule has 0 radical (unpaired) electrons. The highest BCUT2D eigenvalue weighted by Gasteiger charge is 2.11. The van der Waals surface area contributed by atoms with E-state index in [2.05, 4.69) is 21.2 Å². The molecule has 0 atom stereocenters. The van der Waals surface area contributed by atoms with Crippen molar-refractivity contribution in [3.05, 3.63) is 59.4 Å². The predicted molar refractivity (Wildman–Crippen MR) is 93.9 cm³/mol. The van der Waals surface area contributed by atoms with E-state index in [1.807, 2.05) is 36.4 Å². The molecule has 0 saturated carbocycles. The maximum absolute atomic E-state index is 5.98. The number of halogens is 1. The Balaban J connectivity index is 1.49. The van der Waals surface area contributed by atoms with Crippen molar-refractivity contribution < 1.29 is 4.42 Å². The highest BCUT2D eigenvalue weighted by Crippen LogP contribution is 2.31. The molecule has 0 aliphatic heterocycles. The summed E-state index contributed by atoms with van der Waals surface area (Å²) in [5, 5.41) is 8.81. The van der Waals surface area contributed by atoms with Crippen LogP contribution in [0.25, 0.3) is 21.7 Å². The molecule has 0 amide bonds. The van der Waals surface area contributed by atoms with E-state index >= 15 is 0 Å². The van der Waals surface area contributed by atoms with Crippen LogP contribution in [0.4, 0.5) is 0 Å². The molecular weight excluding hydrogens is 350 g/mol. The van der Waals surface area contributed by atoms with Crippen LogP contribution in [0.5, 0.6) is 0 Å². The van der Waals surface area contributed by atoms with Gasteiger partial charge in [-0.1, -0.05) is 41.6 Å². The van der Waals surface area contributed by atoms with Crippen molar-refractivity contribution >= 4 is 44.9 Å². The predicted octanol–water partition coefficient (Wildman–Crippen LogP) is 5.29. The van der Waals surface area contributed by atoms with Crippen molar-refractivity contribution in [2.45, 2.75) is 10.1 Å². The summed E-state index contributed by atoms with van der Waals surface area (Å²) in [6.45, 7) is 0. The number of aromatic nitrogens is 3. The number of thiazole rings is 1. The highest BCUT2D eigenvalue weighted by atomic mass is 35.5. The minimum Gasteiger partial charge on any atom is -0.420 e. The minimum atomic E-state index is 0.479. The van der Waals surface area contributed by atoms with E-state index < -0.39 is 0 Å². The van der Waals surface area contributed by atoms with Gasteiger partial charge in [-0.2, -0.15) is 0 Å². The van der Waals surface area contributed by atoms with Gasteiger partial charge in [-0.05, 0) is 30.3 Å². The molecule has 7 heteroatoms. The van der Waals surface area contributed by atoms with Gasteiger partial charge >= 0.3 is 0 Å². The number of benzene rings is 2. The largest absolute Gasteiger partial charge is 0.420 e. The molecule has 0 spiro atoms. The van der Waals surface area contributed by atoms with E-state index in [0.717, 1.165) is 15.4 Å². The zero-order chi connectivity index (χ0) is 15.6. The molecule has 0 N–H and O–H groups in total. The lowest BCUT2D eigenvalue weighted by Crippen LogP contribution is -1.79. The van der Waals surface area contributed by atoms with Crippen LogP contribution in [0.2, 0.25) is 5.02 Å². The van der Waals surface area contributed by atoms with Crippen LogP contribution in [0.3, 0.4) is 0 Å². The van der Waals surface area contributed by atoms with Gasteiger partial charge in [0.2, 0.25) is 11.8 Å². The molecule has 0 aliphatic carbocycles. The second-order valence-electron chi connectivity index (χ2n) is 4.75. The Morgan fingerprint density at radius 2 is 2.00 bits per heavy atom. The van der Waals surface area contributed by atoms with Crippen molar-refractivity contribution in [1.29, 1.82) is 0 Å². The lowest BCUT2D eigenvalue weighted by Gasteiger charge is -1.95. The lowest BCUT2D eigenvalue weighted by atomic mass is 10.2. The van der Waals surface area contributed by atoms with Crippen LogP contribution in [0.15, 0.2) is 57.3 Å². The van der Waals surface area contributed by atoms with Crippen LogP contribution < -0.4 is 0 Å². The number of thioether (sulfide) groups is 1. The first-order chi connectivity index (χ1) is 11.3. The minimum absolute atomic E-state index is 0.479. The standard InChI is InChI=1S/C16H10ClN3OS2/c17-11-5-3-4-10(8-11)15-20-19-14(21-15)9-22-16-18-12-6-1-2-7-13(12)23-16/h1-8H,9H2. The van der Waals surface area contributed by atoms with Gasteiger partial charge < -0.3 is 4.42 Å². The third-order valence-electron chi connectivity index (χ3n) is 3.13. The molecule has 2 aromatic carbocycles. The number of hydrogen-bond acceptors (Lipinski definition) is 6. The summed E-state index contributed by atoms with van der Waals surface area (Å²) in [6, 6.07) is 15.5. The third kappa shape index (κ3) is 3.24. The first kappa shape index (κ1) is 14.7. The number of hydrogen-bond donors (Lipinski definition) is 0. The smallest absolute Gasteiger partial charge is 0.247 e. The third-order valence-corrected chi connectivity index (χ3v) is 5.53. The summed E-state index contributed by atoms with van der Waals surface area (Å²) in [4.78, 5) is 4.58. The Hall–Kier alpha value is -1.89. The van der Waals surface area contributed by atoms with E-state index in [4.69, 9.17) is 16.0 Å². The molecule has 4 aromatic rings. The lowest BCUT2D eigenvalue weighted by molar-refractivity contribution is 0.528. The SMILES string of the molecule is Clc1cccc(-c2nnc(CSc3nc4ccccc4s3)o2)c1. The molecule has 23 heavy (non-hydrogen) atoms. The molecule has 2 heterocycles. The maximum Gasteiger partial charge on any atom is 0.247 e. The summed E-state index contributed by atoms with van der Waals surface area (Å²) in [7, 11) is 0. The van der Waals surface area contributed by atoms with Gasteiger partial charge in [0.15, 0.2) is 4.34 Å². The van der Waals surface area contributed by atoms with Gasteiger partial charge in [-0.3, -0.25) is 0 Å². The van der Waals surface area contributed by atoms with Crippen molar-refractivity contribution in [2.75, 3.05) is 0 Å². The molecule has 0 unspecified atom stereocenters. The van der Waals surface area contributed by atoms with Gasteiger partial charge in [0.25, 0.3) is 0 Å². The van der Waals surface area contributed by atoms with E-state index in [9.17, 15) is 0 Å². The number of nitrogens with zero attached hydrogens (tertiary/aromatic N) is 3. The fourth-order valence-electron chi connectivity index (χ4n) is 2.09. The molecule has 0 fully saturated rings. The Labute approximate surface area is 145 Å². The molecule has 4 rings (SSSR count). The van der Waals surface area contributed by atoms with E-state index in [0.29, 0.717) is 22.6 Å². The molecule has 114 valence electrons. The Kier molecular flexibility index (Phi) is 4.03. The summed E-state index contributed by atoms with van der Waals surface area (Å²) in [5.74, 6) is 1.64. The molecular formula is C16H10ClN3OS2. The quantitative estimate of drug-likeness (QED) is 0.463. The van der Waals surface area contributed by atoms with Crippen molar-refractivity contribution in [3.8, 4) is 11.5 Å². The average Bonchev–Trinajstić information content (AvgIpc) is 3.19. The van der Waals surface area contributed by atoms with E-state index in [1.54, 1.807) is 29.2 Å². The van der Waals surface area contributed by atoms with Crippen molar-refractivity contribution in [2.24, 2.45) is 0 Å². The molecule has 0 saturated heterocycles. The van der Waals surface area contributed by atoms with E-state index in [-0.39, 0.29) is 0 Å². The zero-order valence-electron chi connectivity index (χ0n) is 11.8. The summed E-state index contributed by atoms with van der Waals surface area (Å²) < 4.78 is 7.87. The first-order valence-electron chi connectivity index (χ1n) is 6.84. The maximum atomic E-state index is 5.98. The molecule has 0 bridgehead atoms. The fraction of sp³-hybridized carbons (Fsp3) is 0.0625. The van der Waals surface area contributed by atoms with Crippen LogP contribution >= 0.6 is 34.7 Å². The normalized spacial score (nSPS) is 11.2. The Bertz CT molecular complexity index is 934. The highest BCUT2D eigenvalue weighted by molar-refractivity contribution is 8.00. The van der Waals surface area contributed by atoms with Crippen molar-refractivity contribution in [3.63, 3.8) is 0 Å². The van der Waals surface area contributed by atoms with Gasteiger partial charge in [-0.15, -0.1) is 21.5 Å². The van der Waals surface area contributed by atoms with E-state index in [1.165, 1.54) is 4.70 Å². The monoisotopic (exact) mass is 359 g/mol. The van der Waals surface area contributed by atoms with Crippen LogP contribution in [0, 0.1) is 0 Å². The Morgan fingerprint density at radius 1 is 1.09 bits per heavy atom.